The highest BCUT2D eigenvalue weighted by atomic mass is 127. The SMILES string of the molecule is CCNC(=NCC1CN2CCN1CC2)N(C)Cc1nc2c(s1)CCCC2.I. The van der Waals surface area contributed by atoms with Crippen molar-refractivity contribution < 1.29 is 0 Å². The zero-order valence-corrected chi connectivity index (χ0v) is 19.8. The number of halogens is 1. The number of nitrogens with zero attached hydrogens (tertiary/aromatic N) is 5. The van der Waals surface area contributed by atoms with Crippen molar-refractivity contribution in [2.24, 2.45) is 4.99 Å². The summed E-state index contributed by atoms with van der Waals surface area (Å²) in [6.07, 6.45) is 5.01. The number of aromatic nitrogens is 1. The van der Waals surface area contributed by atoms with E-state index in [1.54, 1.807) is 0 Å². The van der Waals surface area contributed by atoms with Gasteiger partial charge in [0.2, 0.25) is 0 Å². The highest BCUT2D eigenvalue weighted by Gasteiger charge is 2.31. The van der Waals surface area contributed by atoms with Gasteiger partial charge in [0, 0.05) is 57.2 Å². The lowest BCUT2D eigenvalue weighted by atomic mass is 10.0. The summed E-state index contributed by atoms with van der Waals surface area (Å²) in [6, 6.07) is 0.576. The molecule has 1 aromatic rings. The number of nitrogens with one attached hydrogen (secondary N) is 1. The van der Waals surface area contributed by atoms with Gasteiger partial charge in [0.15, 0.2) is 5.96 Å². The number of hydrogen-bond acceptors (Lipinski definition) is 5. The molecular weight excluding hydrogens is 471 g/mol. The largest absolute Gasteiger partial charge is 0.357 e. The highest BCUT2D eigenvalue weighted by molar-refractivity contribution is 14.0. The number of piperazine rings is 3. The van der Waals surface area contributed by atoms with Crippen LogP contribution >= 0.6 is 35.3 Å². The van der Waals surface area contributed by atoms with Crippen molar-refractivity contribution in [3.8, 4) is 0 Å². The van der Waals surface area contributed by atoms with Crippen LogP contribution in [0.1, 0.15) is 35.3 Å². The normalized spacial score (nSPS) is 27.0. The zero-order valence-electron chi connectivity index (χ0n) is 16.6. The van der Waals surface area contributed by atoms with Gasteiger partial charge in [-0.1, -0.05) is 0 Å². The van der Waals surface area contributed by atoms with Crippen molar-refractivity contribution in [2.45, 2.75) is 45.2 Å². The van der Waals surface area contributed by atoms with Gasteiger partial charge < -0.3 is 10.2 Å². The quantitative estimate of drug-likeness (QED) is 0.378. The summed E-state index contributed by atoms with van der Waals surface area (Å²) in [5, 5.41) is 4.70. The summed E-state index contributed by atoms with van der Waals surface area (Å²) in [6.45, 7) is 10.8. The van der Waals surface area contributed by atoms with Gasteiger partial charge in [-0.2, -0.15) is 0 Å². The molecule has 152 valence electrons. The molecule has 0 spiro atoms. The highest BCUT2D eigenvalue weighted by Crippen LogP contribution is 2.27. The first-order valence-corrected chi connectivity index (χ1v) is 11.0. The van der Waals surface area contributed by atoms with Crippen LogP contribution in [0.4, 0.5) is 0 Å². The van der Waals surface area contributed by atoms with Crippen LogP contribution in [0.3, 0.4) is 0 Å². The smallest absolute Gasteiger partial charge is 0.194 e. The van der Waals surface area contributed by atoms with Gasteiger partial charge in [0.05, 0.1) is 18.8 Å². The van der Waals surface area contributed by atoms with Crippen molar-refractivity contribution in [2.75, 3.05) is 52.9 Å². The van der Waals surface area contributed by atoms with Crippen LogP contribution in [-0.4, -0.2) is 84.5 Å². The van der Waals surface area contributed by atoms with Crippen LogP contribution in [0.15, 0.2) is 4.99 Å². The van der Waals surface area contributed by atoms with E-state index in [2.05, 4.69) is 34.0 Å². The molecule has 3 aliphatic heterocycles. The third kappa shape index (κ3) is 5.13. The zero-order chi connectivity index (χ0) is 17.9. The maximum Gasteiger partial charge on any atom is 0.194 e. The van der Waals surface area contributed by atoms with Gasteiger partial charge in [0.1, 0.15) is 5.01 Å². The van der Waals surface area contributed by atoms with Crippen LogP contribution in [0.5, 0.6) is 0 Å². The minimum atomic E-state index is 0. The molecular formula is C19H33IN6S. The van der Waals surface area contributed by atoms with Crippen molar-refractivity contribution in [1.29, 1.82) is 0 Å². The molecule has 1 unspecified atom stereocenters. The van der Waals surface area contributed by atoms with E-state index < -0.39 is 0 Å². The Balaban J connectivity index is 0.00000210. The number of fused-ring (bicyclic) bond motifs is 4. The summed E-state index contributed by atoms with van der Waals surface area (Å²) in [4.78, 5) is 18.8. The lowest BCUT2D eigenvalue weighted by Gasteiger charge is -2.47. The topological polar surface area (TPSA) is 47.0 Å². The number of rotatable bonds is 5. The number of aryl methyl sites for hydroxylation is 2. The Kier molecular flexibility index (Phi) is 7.75. The summed E-state index contributed by atoms with van der Waals surface area (Å²) in [7, 11) is 2.14. The number of guanidine groups is 1. The van der Waals surface area contributed by atoms with Crippen molar-refractivity contribution in [3.05, 3.63) is 15.6 Å². The van der Waals surface area contributed by atoms with E-state index in [0.29, 0.717) is 6.04 Å². The monoisotopic (exact) mass is 504 g/mol. The molecule has 27 heavy (non-hydrogen) atoms. The fraction of sp³-hybridized carbons (Fsp3) is 0.789. The Bertz CT molecular complexity index is 617. The van der Waals surface area contributed by atoms with Crippen molar-refractivity contribution >= 4 is 41.3 Å². The second-order valence-corrected chi connectivity index (χ2v) is 8.89. The number of hydrogen-bond donors (Lipinski definition) is 1. The number of thiazole rings is 1. The Hall–Kier alpha value is -0.450. The lowest BCUT2D eigenvalue weighted by Crippen LogP contribution is -2.62. The summed E-state index contributed by atoms with van der Waals surface area (Å²) in [5.41, 5.74) is 1.35. The Morgan fingerprint density at radius 2 is 2.04 bits per heavy atom. The average molecular weight is 504 g/mol. The fourth-order valence-corrected chi connectivity index (χ4v) is 5.52. The molecule has 1 aliphatic carbocycles. The second kappa shape index (κ2) is 9.84. The molecule has 2 bridgehead atoms. The third-order valence-corrected chi connectivity index (χ3v) is 6.95. The minimum Gasteiger partial charge on any atom is -0.357 e. The molecule has 6 nitrogen and oxygen atoms in total. The van der Waals surface area contributed by atoms with Crippen molar-refractivity contribution in [3.63, 3.8) is 0 Å². The molecule has 0 aromatic carbocycles. The first-order valence-electron chi connectivity index (χ1n) is 10.2. The Labute approximate surface area is 184 Å². The van der Waals surface area contributed by atoms with E-state index in [0.717, 1.165) is 32.0 Å². The third-order valence-electron chi connectivity index (χ3n) is 5.80. The van der Waals surface area contributed by atoms with Gasteiger partial charge in [-0.3, -0.25) is 14.8 Å². The standard InChI is InChI=1S/C19H32N6S.HI/c1-3-20-19(21-12-15-13-24-8-10-25(15)11-9-24)23(2)14-18-22-16-6-4-5-7-17(16)26-18;/h15H,3-14H2,1-2H3,(H,20,21);1H. The maximum atomic E-state index is 4.97. The first kappa shape index (κ1) is 21.3. The van der Waals surface area contributed by atoms with Gasteiger partial charge in [0.25, 0.3) is 0 Å². The van der Waals surface area contributed by atoms with E-state index >= 15 is 0 Å². The van der Waals surface area contributed by atoms with Crippen LogP contribution in [-0.2, 0) is 19.4 Å². The molecule has 5 rings (SSSR count). The van der Waals surface area contributed by atoms with Crippen LogP contribution in [0.25, 0.3) is 0 Å². The van der Waals surface area contributed by atoms with E-state index in [1.807, 2.05) is 11.3 Å². The molecule has 3 fully saturated rings. The molecule has 8 heteroatoms. The van der Waals surface area contributed by atoms with Gasteiger partial charge in [-0.05, 0) is 32.6 Å². The predicted octanol–water partition coefficient (Wildman–Crippen LogP) is 2.04. The minimum absolute atomic E-state index is 0. The molecule has 0 saturated carbocycles. The number of aliphatic imine (C=N–C) groups is 1. The molecule has 3 saturated heterocycles. The van der Waals surface area contributed by atoms with Crippen LogP contribution in [0, 0.1) is 0 Å². The summed E-state index contributed by atoms with van der Waals surface area (Å²) in [5.74, 6) is 1.01. The van der Waals surface area contributed by atoms with Crippen molar-refractivity contribution in [1.82, 2.24) is 25.0 Å². The molecule has 0 amide bonds. The molecule has 0 radical (unpaired) electrons. The average Bonchev–Trinajstić information content (AvgIpc) is 3.08. The molecule has 1 N–H and O–H groups in total. The lowest BCUT2D eigenvalue weighted by molar-refractivity contribution is 0.0173. The predicted molar refractivity (Wildman–Crippen MR) is 123 cm³/mol. The van der Waals surface area contributed by atoms with Gasteiger partial charge >= 0.3 is 0 Å². The second-order valence-electron chi connectivity index (χ2n) is 7.73. The first-order chi connectivity index (χ1) is 12.7. The van der Waals surface area contributed by atoms with E-state index in [1.165, 1.54) is 67.6 Å². The molecule has 4 heterocycles. The van der Waals surface area contributed by atoms with Crippen LogP contribution < -0.4 is 5.32 Å². The van der Waals surface area contributed by atoms with Gasteiger partial charge in [-0.25, -0.2) is 4.98 Å². The molecule has 1 atom stereocenters. The summed E-state index contributed by atoms with van der Waals surface area (Å²) < 4.78 is 0. The van der Waals surface area contributed by atoms with E-state index in [4.69, 9.17) is 9.98 Å². The van der Waals surface area contributed by atoms with Crippen LogP contribution in [0.2, 0.25) is 0 Å². The van der Waals surface area contributed by atoms with E-state index in [9.17, 15) is 0 Å². The summed E-state index contributed by atoms with van der Waals surface area (Å²) >= 11 is 1.90. The fourth-order valence-electron chi connectivity index (χ4n) is 4.31. The molecule has 4 aliphatic rings. The van der Waals surface area contributed by atoms with E-state index in [-0.39, 0.29) is 24.0 Å². The van der Waals surface area contributed by atoms with Gasteiger partial charge in [-0.15, -0.1) is 35.3 Å². The Morgan fingerprint density at radius 3 is 2.70 bits per heavy atom. The maximum absolute atomic E-state index is 4.97. The Morgan fingerprint density at radius 1 is 1.26 bits per heavy atom. The molecule has 1 aromatic heterocycles.